The summed E-state index contributed by atoms with van der Waals surface area (Å²) in [5.41, 5.74) is 12.3. The number of rotatable bonds is 14. The Labute approximate surface area is 393 Å². The van der Waals surface area contributed by atoms with Crippen LogP contribution in [0.15, 0.2) is 136 Å². The van der Waals surface area contributed by atoms with Gasteiger partial charge in [-0.3, -0.25) is 27.6 Å². The third kappa shape index (κ3) is 12.1. The normalized spacial score (nSPS) is 14.5. The number of nitrogens with zero attached hydrogens (tertiary/aromatic N) is 3. The monoisotopic (exact) mass is 930 g/mol. The highest BCUT2D eigenvalue weighted by molar-refractivity contribution is 7.84. The quantitative estimate of drug-likeness (QED) is 0.0971. The number of hydrogen-bond acceptors (Lipinski definition) is 8. The molecule has 0 fully saturated rings. The minimum atomic E-state index is -1.11. The smallest absolute Gasteiger partial charge is 0.323 e. The first-order chi connectivity index (χ1) is 32.1. The van der Waals surface area contributed by atoms with Crippen LogP contribution in [0, 0.1) is 22.7 Å². The maximum atomic E-state index is 13.4. The molecule has 5 aromatic rings. The maximum absolute atomic E-state index is 13.4. The van der Waals surface area contributed by atoms with Crippen LogP contribution in [0.3, 0.4) is 0 Å². The van der Waals surface area contributed by atoms with Gasteiger partial charge in [0.25, 0.3) is 0 Å². The molecule has 2 aliphatic rings. The van der Waals surface area contributed by atoms with Gasteiger partial charge < -0.3 is 20.4 Å². The molecular formula is C53H46N4O8S2. The number of allylic oxidation sites excluding steroid dienone is 4. The molecule has 0 aromatic heterocycles. The molecule has 3 N–H and O–H groups in total. The molecule has 12 nitrogen and oxygen atoms in total. The summed E-state index contributed by atoms with van der Waals surface area (Å²) in [6, 6.07) is 39.2. The average molecular weight is 931 g/mol. The van der Waals surface area contributed by atoms with Crippen LogP contribution in [0.2, 0.25) is 0 Å². The first kappa shape index (κ1) is 48.7. The van der Waals surface area contributed by atoms with E-state index in [1.165, 1.54) is 4.90 Å². The lowest BCUT2D eigenvalue weighted by Crippen LogP contribution is -2.35. The number of benzene rings is 5. The molecule has 0 saturated heterocycles. The Kier molecular flexibility index (Phi) is 15.9. The van der Waals surface area contributed by atoms with Gasteiger partial charge in [0.05, 0.1) is 36.1 Å². The average Bonchev–Trinajstić information content (AvgIpc) is 3.71. The number of carboxylic acids is 2. The fourth-order valence-electron chi connectivity index (χ4n) is 7.86. The van der Waals surface area contributed by atoms with Crippen molar-refractivity contribution in [3.63, 3.8) is 0 Å². The molecule has 2 aliphatic carbocycles. The highest BCUT2D eigenvalue weighted by Gasteiger charge is 2.29. The molecule has 338 valence electrons. The second kappa shape index (κ2) is 21.9. The standard InChI is InChI=1S/C30H26N2O4S.C23H20N2O4S/c1-20-26(14-21-8-11-24(12-9-21)37(2)36)25-13-10-23(17-31)15-28(25)27(20)16-29(33)32(19-30(34)35)18-22-6-4-3-5-7-22;1-14-19(9-15-3-6-17(7-4-15)30(2)29)18-8-5-16(12-24)10-21(18)20(14)11-22(26)25-13-23(27)28/h3-15H,16,18-19H2,1-2H3,(H,34,35);3-10H,11,13H2,1-2H3,(H,25,26)(H,27,28). The first-order valence-electron chi connectivity index (χ1n) is 20.9. The van der Waals surface area contributed by atoms with Crippen molar-refractivity contribution in [2.24, 2.45) is 0 Å². The van der Waals surface area contributed by atoms with Gasteiger partial charge in [0.2, 0.25) is 11.8 Å². The Morgan fingerprint density at radius 1 is 0.627 bits per heavy atom. The highest BCUT2D eigenvalue weighted by atomic mass is 32.2. The lowest BCUT2D eigenvalue weighted by atomic mass is 9.98. The third-order valence-corrected chi connectivity index (χ3v) is 13.2. The fraction of sp³-hybridized carbons (Fsp3) is 0.170. The second-order valence-electron chi connectivity index (χ2n) is 15.8. The van der Waals surface area contributed by atoms with E-state index in [0.717, 1.165) is 82.2 Å². The van der Waals surface area contributed by atoms with Crippen LogP contribution in [0.4, 0.5) is 0 Å². The zero-order valence-electron chi connectivity index (χ0n) is 37.2. The van der Waals surface area contributed by atoms with Gasteiger partial charge in [-0.15, -0.1) is 0 Å². The summed E-state index contributed by atoms with van der Waals surface area (Å²) in [6.07, 6.45) is 7.30. The number of carbonyl (C=O) groups excluding carboxylic acids is 2. The van der Waals surface area contributed by atoms with Crippen molar-refractivity contribution in [2.75, 3.05) is 25.6 Å². The molecule has 0 spiro atoms. The van der Waals surface area contributed by atoms with E-state index in [1.807, 2.05) is 117 Å². The molecule has 14 heteroatoms. The topological polar surface area (TPSA) is 206 Å². The number of nitrogens with one attached hydrogen (secondary N) is 1. The zero-order valence-corrected chi connectivity index (χ0v) is 38.8. The van der Waals surface area contributed by atoms with Gasteiger partial charge in [-0.25, -0.2) is 0 Å². The first-order valence-corrected chi connectivity index (χ1v) is 24.0. The molecule has 0 heterocycles. The molecule has 0 radical (unpaired) electrons. The largest absolute Gasteiger partial charge is 0.480 e. The molecule has 0 bridgehead atoms. The lowest BCUT2D eigenvalue weighted by molar-refractivity contribution is -0.144. The number of aliphatic carboxylic acids is 2. The predicted molar refractivity (Wildman–Crippen MR) is 260 cm³/mol. The van der Waals surface area contributed by atoms with E-state index in [0.29, 0.717) is 11.1 Å². The second-order valence-corrected chi connectivity index (χ2v) is 18.5. The SMILES string of the molecule is CC1=C(CC(=O)N(CC(=O)O)Cc2ccccc2)c2cc(C#N)ccc2C1=Cc1ccc(S(C)=O)cc1.CC1=C(CC(=O)NCC(=O)O)c2cc(C#N)ccc2C1=Cc1ccc(S(C)=O)cc1. The van der Waals surface area contributed by atoms with Gasteiger partial charge >= 0.3 is 11.9 Å². The van der Waals surface area contributed by atoms with Crippen LogP contribution in [-0.4, -0.2) is 72.9 Å². The summed E-state index contributed by atoms with van der Waals surface area (Å²) >= 11 is 0. The van der Waals surface area contributed by atoms with Gasteiger partial charge in [0.1, 0.15) is 13.1 Å². The van der Waals surface area contributed by atoms with Gasteiger partial charge in [0.15, 0.2) is 0 Å². The van der Waals surface area contributed by atoms with Crippen LogP contribution < -0.4 is 5.32 Å². The summed E-state index contributed by atoms with van der Waals surface area (Å²) in [5, 5.41) is 39.3. The van der Waals surface area contributed by atoms with E-state index < -0.39 is 52.5 Å². The molecule has 2 amide bonds. The molecule has 7 rings (SSSR count). The molecule has 0 saturated carbocycles. The summed E-state index contributed by atoms with van der Waals surface area (Å²) in [5.74, 6) is -2.88. The number of amides is 2. The van der Waals surface area contributed by atoms with Crippen LogP contribution in [0.5, 0.6) is 0 Å². The third-order valence-electron chi connectivity index (χ3n) is 11.3. The molecular weight excluding hydrogens is 885 g/mol. The van der Waals surface area contributed by atoms with Crippen molar-refractivity contribution in [2.45, 2.75) is 43.0 Å². The Hall–Kier alpha value is -7.78. The van der Waals surface area contributed by atoms with E-state index >= 15 is 0 Å². The van der Waals surface area contributed by atoms with Crippen LogP contribution in [0.1, 0.15) is 76.8 Å². The van der Waals surface area contributed by atoms with Crippen molar-refractivity contribution in [3.05, 3.63) is 176 Å². The number of hydrogen-bond donors (Lipinski definition) is 3. The summed E-state index contributed by atoms with van der Waals surface area (Å²) in [6.45, 7) is 3.20. The molecule has 2 atom stereocenters. The Balaban J connectivity index is 0.000000226. The van der Waals surface area contributed by atoms with Gasteiger partial charge in [-0.1, -0.05) is 66.7 Å². The van der Waals surface area contributed by atoms with Gasteiger partial charge in [0, 0.05) is 50.4 Å². The van der Waals surface area contributed by atoms with Crippen molar-refractivity contribution in [3.8, 4) is 12.1 Å². The van der Waals surface area contributed by atoms with Crippen molar-refractivity contribution in [1.29, 1.82) is 10.5 Å². The number of fused-ring (bicyclic) bond motifs is 2. The molecule has 67 heavy (non-hydrogen) atoms. The molecule has 0 aliphatic heterocycles. The Morgan fingerprint density at radius 2 is 1.09 bits per heavy atom. The minimum Gasteiger partial charge on any atom is -0.480 e. The van der Waals surface area contributed by atoms with Crippen LogP contribution in [0.25, 0.3) is 34.4 Å². The van der Waals surface area contributed by atoms with Crippen molar-refractivity contribution >= 4 is 79.8 Å². The highest BCUT2D eigenvalue weighted by Crippen LogP contribution is 2.45. The van der Waals surface area contributed by atoms with E-state index in [-0.39, 0.29) is 25.3 Å². The van der Waals surface area contributed by atoms with E-state index in [4.69, 9.17) is 5.11 Å². The van der Waals surface area contributed by atoms with Crippen LogP contribution in [-0.2, 0) is 47.3 Å². The van der Waals surface area contributed by atoms with E-state index in [1.54, 1.807) is 36.8 Å². The molecule has 2 unspecified atom stereocenters. The number of carbonyl (C=O) groups is 4. The van der Waals surface area contributed by atoms with E-state index in [2.05, 4.69) is 17.5 Å². The summed E-state index contributed by atoms with van der Waals surface area (Å²) in [7, 11) is -2.12. The maximum Gasteiger partial charge on any atom is 0.323 e. The Morgan fingerprint density at radius 3 is 1.51 bits per heavy atom. The van der Waals surface area contributed by atoms with Gasteiger partial charge in [-0.2, -0.15) is 10.5 Å². The fourth-order valence-corrected chi connectivity index (χ4v) is 8.90. The number of nitriles is 2. The Bertz CT molecular complexity index is 3050. The zero-order chi connectivity index (χ0) is 48.4. The number of carboxylic acid groups (broad SMARTS) is 2. The summed E-state index contributed by atoms with van der Waals surface area (Å²) in [4.78, 5) is 50.8. The summed E-state index contributed by atoms with van der Waals surface area (Å²) < 4.78 is 23.4. The van der Waals surface area contributed by atoms with Crippen LogP contribution >= 0.6 is 0 Å². The molecule has 5 aromatic carbocycles. The lowest BCUT2D eigenvalue weighted by Gasteiger charge is -2.21. The van der Waals surface area contributed by atoms with E-state index in [9.17, 15) is 43.2 Å². The van der Waals surface area contributed by atoms with Crippen molar-refractivity contribution < 1.29 is 37.8 Å². The van der Waals surface area contributed by atoms with Crippen molar-refractivity contribution in [1.82, 2.24) is 10.2 Å². The predicted octanol–water partition coefficient (Wildman–Crippen LogP) is 8.34. The minimum absolute atomic E-state index is 0.0128. The van der Waals surface area contributed by atoms with Gasteiger partial charge in [-0.05, 0) is 147 Å².